The molecule has 88 valence electrons. The van der Waals surface area contributed by atoms with Gasteiger partial charge in [0.2, 0.25) is 0 Å². The summed E-state index contributed by atoms with van der Waals surface area (Å²) < 4.78 is 5.76. The van der Waals surface area contributed by atoms with Gasteiger partial charge in [0.1, 0.15) is 12.4 Å². The predicted octanol–water partition coefficient (Wildman–Crippen LogP) is 2.46. The van der Waals surface area contributed by atoms with Crippen molar-refractivity contribution in [3.8, 4) is 5.75 Å². The minimum atomic E-state index is -0.00659. The van der Waals surface area contributed by atoms with Crippen molar-refractivity contribution < 1.29 is 9.84 Å². The molecular formula is C14H15NO2. The number of benzene rings is 1. The Hall–Kier alpha value is -1.87. The van der Waals surface area contributed by atoms with Gasteiger partial charge in [-0.1, -0.05) is 18.2 Å². The van der Waals surface area contributed by atoms with Crippen molar-refractivity contribution >= 4 is 0 Å². The lowest BCUT2D eigenvalue weighted by Gasteiger charge is -2.12. The molecule has 1 heterocycles. The van der Waals surface area contributed by atoms with Gasteiger partial charge in [-0.2, -0.15) is 0 Å². The number of rotatable bonds is 4. The zero-order chi connectivity index (χ0) is 12.1. The largest absolute Gasteiger partial charge is 0.488 e. The minimum Gasteiger partial charge on any atom is -0.488 e. The minimum absolute atomic E-state index is 0.00659. The normalized spacial score (nSPS) is 10.2. The Morgan fingerprint density at radius 2 is 1.94 bits per heavy atom. The molecule has 0 amide bonds. The number of aromatic nitrogens is 1. The van der Waals surface area contributed by atoms with Crippen LogP contribution in [0.4, 0.5) is 0 Å². The molecule has 0 spiro atoms. The first-order valence-electron chi connectivity index (χ1n) is 5.52. The monoisotopic (exact) mass is 229 g/mol. The maximum absolute atomic E-state index is 9.25. The van der Waals surface area contributed by atoms with Crippen LogP contribution < -0.4 is 4.74 Å². The SMILES string of the molecule is Cc1cccc(CO)c1OCc1ccncc1. The molecule has 0 fully saturated rings. The number of ether oxygens (including phenoxy) is 1. The second-order valence-corrected chi connectivity index (χ2v) is 3.87. The van der Waals surface area contributed by atoms with E-state index in [1.165, 1.54) is 0 Å². The van der Waals surface area contributed by atoms with E-state index in [1.54, 1.807) is 12.4 Å². The molecule has 0 aliphatic carbocycles. The molecule has 1 aromatic heterocycles. The number of para-hydroxylation sites is 1. The third-order valence-corrected chi connectivity index (χ3v) is 2.60. The lowest BCUT2D eigenvalue weighted by Crippen LogP contribution is -2.00. The number of hydrogen-bond acceptors (Lipinski definition) is 3. The van der Waals surface area contributed by atoms with Gasteiger partial charge in [-0.25, -0.2) is 0 Å². The van der Waals surface area contributed by atoms with Gasteiger partial charge < -0.3 is 9.84 Å². The van der Waals surface area contributed by atoms with Gasteiger partial charge >= 0.3 is 0 Å². The van der Waals surface area contributed by atoms with Crippen molar-refractivity contribution in [2.45, 2.75) is 20.1 Å². The van der Waals surface area contributed by atoms with Gasteiger partial charge in [0.15, 0.2) is 0 Å². The molecular weight excluding hydrogens is 214 g/mol. The van der Waals surface area contributed by atoms with Crippen molar-refractivity contribution in [2.24, 2.45) is 0 Å². The van der Waals surface area contributed by atoms with Crippen molar-refractivity contribution in [1.29, 1.82) is 0 Å². The molecule has 0 atom stereocenters. The molecule has 0 aliphatic rings. The van der Waals surface area contributed by atoms with E-state index in [-0.39, 0.29) is 6.61 Å². The first-order valence-corrected chi connectivity index (χ1v) is 5.52. The fourth-order valence-corrected chi connectivity index (χ4v) is 1.68. The van der Waals surface area contributed by atoms with Gasteiger partial charge in [0.25, 0.3) is 0 Å². The first kappa shape index (κ1) is 11.6. The lowest BCUT2D eigenvalue weighted by molar-refractivity contribution is 0.258. The van der Waals surface area contributed by atoms with Crippen molar-refractivity contribution in [1.82, 2.24) is 4.98 Å². The average molecular weight is 229 g/mol. The van der Waals surface area contributed by atoms with E-state index in [9.17, 15) is 5.11 Å². The quantitative estimate of drug-likeness (QED) is 0.875. The number of pyridine rings is 1. The Bertz CT molecular complexity index is 483. The molecule has 3 nitrogen and oxygen atoms in total. The summed E-state index contributed by atoms with van der Waals surface area (Å²) in [4.78, 5) is 3.96. The van der Waals surface area contributed by atoms with Crippen molar-refractivity contribution in [3.05, 3.63) is 59.4 Å². The van der Waals surface area contributed by atoms with Crippen LogP contribution in [0.5, 0.6) is 5.75 Å². The molecule has 0 aliphatic heterocycles. The van der Waals surface area contributed by atoms with Gasteiger partial charge in [-0.3, -0.25) is 4.98 Å². The van der Waals surface area contributed by atoms with E-state index in [2.05, 4.69) is 4.98 Å². The molecule has 17 heavy (non-hydrogen) atoms. The number of aryl methyl sites for hydroxylation is 1. The summed E-state index contributed by atoms with van der Waals surface area (Å²) in [6.07, 6.45) is 3.48. The fraction of sp³-hybridized carbons (Fsp3) is 0.214. The average Bonchev–Trinajstić information content (AvgIpc) is 2.38. The molecule has 2 aromatic rings. The van der Waals surface area contributed by atoms with Crippen LogP contribution in [-0.2, 0) is 13.2 Å². The lowest BCUT2D eigenvalue weighted by atomic mass is 10.1. The van der Waals surface area contributed by atoms with E-state index in [4.69, 9.17) is 4.74 Å². The Morgan fingerprint density at radius 1 is 1.18 bits per heavy atom. The van der Waals surface area contributed by atoms with E-state index in [0.29, 0.717) is 6.61 Å². The number of nitrogens with zero attached hydrogens (tertiary/aromatic N) is 1. The Labute approximate surface area is 101 Å². The van der Waals surface area contributed by atoms with E-state index < -0.39 is 0 Å². The molecule has 0 radical (unpaired) electrons. The van der Waals surface area contributed by atoms with E-state index in [0.717, 1.165) is 22.4 Å². The van der Waals surface area contributed by atoms with Crippen LogP contribution in [-0.4, -0.2) is 10.1 Å². The zero-order valence-electron chi connectivity index (χ0n) is 9.76. The van der Waals surface area contributed by atoms with Crippen molar-refractivity contribution in [3.63, 3.8) is 0 Å². The Kier molecular flexibility index (Phi) is 3.73. The van der Waals surface area contributed by atoms with Gasteiger partial charge in [0, 0.05) is 18.0 Å². The zero-order valence-corrected chi connectivity index (χ0v) is 9.76. The second-order valence-electron chi connectivity index (χ2n) is 3.87. The summed E-state index contributed by atoms with van der Waals surface area (Å²) in [7, 11) is 0. The first-order chi connectivity index (χ1) is 8.31. The van der Waals surface area contributed by atoms with Gasteiger partial charge in [-0.15, -0.1) is 0 Å². The van der Waals surface area contributed by atoms with Crippen LogP contribution in [0.25, 0.3) is 0 Å². The van der Waals surface area contributed by atoms with Crippen LogP contribution in [0.2, 0.25) is 0 Å². The Balaban J connectivity index is 2.14. The highest BCUT2D eigenvalue weighted by Crippen LogP contribution is 2.24. The Morgan fingerprint density at radius 3 is 2.65 bits per heavy atom. The summed E-state index contributed by atoms with van der Waals surface area (Å²) in [5, 5.41) is 9.25. The maximum Gasteiger partial charge on any atom is 0.128 e. The van der Waals surface area contributed by atoms with Crippen molar-refractivity contribution in [2.75, 3.05) is 0 Å². The molecule has 0 unspecified atom stereocenters. The smallest absolute Gasteiger partial charge is 0.128 e. The van der Waals surface area contributed by atoms with E-state index in [1.807, 2.05) is 37.3 Å². The second kappa shape index (κ2) is 5.46. The molecule has 0 bridgehead atoms. The maximum atomic E-state index is 9.25. The van der Waals surface area contributed by atoms with Crippen LogP contribution in [0.3, 0.4) is 0 Å². The molecule has 1 N–H and O–H groups in total. The highest BCUT2D eigenvalue weighted by atomic mass is 16.5. The summed E-state index contributed by atoms with van der Waals surface area (Å²) in [5.74, 6) is 0.770. The summed E-state index contributed by atoms with van der Waals surface area (Å²) in [5.41, 5.74) is 2.91. The number of aliphatic hydroxyl groups is 1. The van der Waals surface area contributed by atoms with Crippen LogP contribution >= 0.6 is 0 Å². The standard InChI is InChI=1S/C14H15NO2/c1-11-3-2-4-13(9-16)14(11)17-10-12-5-7-15-8-6-12/h2-8,16H,9-10H2,1H3. The van der Waals surface area contributed by atoms with E-state index >= 15 is 0 Å². The van der Waals surface area contributed by atoms with Crippen LogP contribution in [0, 0.1) is 6.92 Å². The highest BCUT2D eigenvalue weighted by molar-refractivity contribution is 5.40. The number of hydrogen-bond donors (Lipinski definition) is 1. The molecule has 2 rings (SSSR count). The van der Waals surface area contributed by atoms with Gasteiger partial charge in [-0.05, 0) is 30.2 Å². The third kappa shape index (κ3) is 2.82. The van der Waals surface area contributed by atoms with Gasteiger partial charge in [0.05, 0.1) is 6.61 Å². The summed E-state index contributed by atoms with van der Waals surface area (Å²) in [6.45, 7) is 2.45. The highest BCUT2D eigenvalue weighted by Gasteiger charge is 2.06. The number of aliphatic hydroxyl groups excluding tert-OH is 1. The van der Waals surface area contributed by atoms with Crippen LogP contribution in [0.1, 0.15) is 16.7 Å². The molecule has 0 saturated heterocycles. The molecule has 0 saturated carbocycles. The molecule has 3 heteroatoms. The fourth-order valence-electron chi connectivity index (χ4n) is 1.68. The summed E-state index contributed by atoms with van der Waals surface area (Å²) in [6, 6.07) is 9.59. The van der Waals surface area contributed by atoms with Crippen LogP contribution in [0.15, 0.2) is 42.7 Å². The molecule has 1 aromatic carbocycles. The predicted molar refractivity (Wildman–Crippen MR) is 65.7 cm³/mol. The topological polar surface area (TPSA) is 42.4 Å². The third-order valence-electron chi connectivity index (χ3n) is 2.60. The summed E-state index contributed by atoms with van der Waals surface area (Å²) >= 11 is 0.